The predicted octanol–water partition coefficient (Wildman–Crippen LogP) is 5.73. The van der Waals surface area contributed by atoms with Gasteiger partial charge in [0.15, 0.2) is 0 Å². The van der Waals surface area contributed by atoms with Gasteiger partial charge in [0.25, 0.3) is 0 Å². The summed E-state index contributed by atoms with van der Waals surface area (Å²) < 4.78 is 7.33. The van der Waals surface area contributed by atoms with Gasteiger partial charge in [0.05, 0.1) is 3.79 Å². The Bertz CT molecular complexity index is 630. The second-order valence-electron chi connectivity index (χ2n) is 5.17. The minimum atomic E-state index is 0.101. The summed E-state index contributed by atoms with van der Waals surface area (Å²) in [7, 11) is 0. The van der Waals surface area contributed by atoms with E-state index in [2.05, 4.69) is 40.3 Å². The number of rotatable bonds is 4. The number of fused-ring (bicyclic) bond motifs is 1. The minimum Gasteiger partial charge on any atom is -0.484 e. The van der Waals surface area contributed by atoms with Gasteiger partial charge >= 0.3 is 0 Å². The van der Waals surface area contributed by atoms with Crippen molar-refractivity contribution < 1.29 is 4.74 Å². The molecule has 2 unspecified atom stereocenters. The molecule has 0 saturated heterocycles. The third-order valence-electron chi connectivity index (χ3n) is 3.62. The molecule has 1 aliphatic rings. The lowest BCUT2D eigenvalue weighted by molar-refractivity contribution is 0.155. The molecule has 1 aromatic heterocycles. The Morgan fingerprint density at radius 2 is 2.24 bits per heavy atom. The first kappa shape index (κ1) is 15.3. The first-order chi connectivity index (χ1) is 10.2. The summed E-state index contributed by atoms with van der Waals surface area (Å²) in [5, 5.41) is 4.38. The molecule has 0 amide bonds. The summed E-state index contributed by atoms with van der Waals surface area (Å²) >= 11 is 11.4. The smallest absolute Gasteiger partial charge is 0.135 e. The molecule has 2 nitrogen and oxygen atoms in total. The Kier molecular flexibility index (Phi) is 4.89. The van der Waals surface area contributed by atoms with E-state index in [4.69, 9.17) is 16.3 Å². The van der Waals surface area contributed by atoms with Gasteiger partial charge in [0.2, 0.25) is 0 Å². The normalized spacial score (nSPS) is 20.9. The molecule has 2 heterocycles. The van der Waals surface area contributed by atoms with Crippen molar-refractivity contribution in [1.82, 2.24) is 5.32 Å². The van der Waals surface area contributed by atoms with Crippen LogP contribution in [0.2, 0.25) is 5.02 Å². The molecule has 112 valence electrons. The Morgan fingerprint density at radius 1 is 1.38 bits per heavy atom. The lowest BCUT2D eigenvalue weighted by Crippen LogP contribution is -2.29. The first-order valence-electron chi connectivity index (χ1n) is 7.12. The summed E-state index contributed by atoms with van der Waals surface area (Å²) in [4.78, 5) is 1.26. The van der Waals surface area contributed by atoms with Crippen molar-refractivity contribution in [3.05, 3.63) is 49.6 Å². The maximum absolute atomic E-state index is 6.19. The Hall–Kier alpha value is -0.550. The van der Waals surface area contributed by atoms with Crippen LogP contribution in [-0.2, 0) is 0 Å². The molecular formula is C16H17BrClNOS. The molecule has 0 aliphatic carbocycles. The van der Waals surface area contributed by atoms with Gasteiger partial charge < -0.3 is 10.1 Å². The van der Waals surface area contributed by atoms with Gasteiger partial charge in [-0.1, -0.05) is 18.5 Å². The summed E-state index contributed by atoms with van der Waals surface area (Å²) in [6.07, 6.45) is 2.15. The fourth-order valence-corrected chi connectivity index (χ4v) is 4.28. The van der Waals surface area contributed by atoms with Crippen molar-refractivity contribution in [1.29, 1.82) is 0 Å². The Labute approximate surface area is 142 Å². The molecule has 2 aromatic rings. The van der Waals surface area contributed by atoms with Crippen LogP contribution in [0.4, 0.5) is 0 Å². The van der Waals surface area contributed by atoms with E-state index in [1.165, 1.54) is 10.4 Å². The van der Waals surface area contributed by atoms with Crippen molar-refractivity contribution in [3.8, 4) is 5.75 Å². The zero-order valence-electron chi connectivity index (χ0n) is 11.7. The van der Waals surface area contributed by atoms with Gasteiger partial charge in [-0.25, -0.2) is 0 Å². The van der Waals surface area contributed by atoms with Crippen molar-refractivity contribution in [2.45, 2.75) is 31.9 Å². The van der Waals surface area contributed by atoms with Crippen LogP contribution in [-0.4, -0.2) is 6.54 Å². The fraction of sp³-hybridized carbons (Fsp3) is 0.375. The lowest BCUT2D eigenvalue weighted by atomic mass is 9.95. The van der Waals surface area contributed by atoms with E-state index in [0.29, 0.717) is 6.04 Å². The highest BCUT2D eigenvalue weighted by Crippen LogP contribution is 2.43. The largest absolute Gasteiger partial charge is 0.484 e. The number of thiophene rings is 1. The van der Waals surface area contributed by atoms with E-state index >= 15 is 0 Å². The summed E-state index contributed by atoms with van der Waals surface area (Å²) in [6.45, 7) is 3.18. The molecular weight excluding hydrogens is 370 g/mol. The average molecular weight is 387 g/mol. The topological polar surface area (TPSA) is 21.3 Å². The van der Waals surface area contributed by atoms with Crippen LogP contribution < -0.4 is 10.1 Å². The summed E-state index contributed by atoms with van der Waals surface area (Å²) in [5.74, 6) is 0.939. The third-order valence-corrected chi connectivity index (χ3v) is 5.57. The minimum absolute atomic E-state index is 0.101. The molecule has 0 spiro atoms. The van der Waals surface area contributed by atoms with Crippen LogP contribution in [0, 0.1) is 0 Å². The van der Waals surface area contributed by atoms with Crippen molar-refractivity contribution in [2.24, 2.45) is 0 Å². The molecule has 1 N–H and O–H groups in total. The molecule has 3 rings (SSSR count). The van der Waals surface area contributed by atoms with E-state index in [1.54, 1.807) is 11.3 Å². The first-order valence-corrected chi connectivity index (χ1v) is 9.11. The van der Waals surface area contributed by atoms with Gasteiger partial charge in [-0.2, -0.15) is 0 Å². The van der Waals surface area contributed by atoms with Gasteiger partial charge in [-0.05, 0) is 59.2 Å². The van der Waals surface area contributed by atoms with Crippen LogP contribution in [0.15, 0.2) is 34.1 Å². The zero-order chi connectivity index (χ0) is 14.8. The lowest BCUT2D eigenvalue weighted by Gasteiger charge is -2.32. The number of benzene rings is 1. The third kappa shape index (κ3) is 3.45. The SMILES string of the molecule is CCCNC1CC(c2ccc(Br)s2)Oc2ccc(Cl)cc21. The van der Waals surface area contributed by atoms with Crippen molar-refractivity contribution in [3.63, 3.8) is 0 Å². The average Bonchev–Trinajstić information content (AvgIpc) is 2.91. The Morgan fingerprint density at radius 3 is 2.95 bits per heavy atom. The van der Waals surface area contributed by atoms with Gasteiger partial charge in [0, 0.05) is 27.9 Å². The van der Waals surface area contributed by atoms with E-state index in [9.17, 15) is 0 Å². The van der Waals surface area contributed by atoms with Crippen LogP contribution in [0.3, 0.4) is 0 Å². The van der Waals surface area contributed by atoms with Crippen LogP contribution in [0.25, 0.3) is 0 Å². The van der Waals surface area contributed by atoms with Crippen LogP contribution in [0.5, 0.6) is 5.75 Å². The number of halogens is 2. The summed E-state index contributed by atoms with van der Waals surface area (Å²) in [6, 6.07) is 10.4. The second-order valence-corrected chi connectivity index (χ2v) is 8.10. The molecule has 0 saturated carbocycles. The van der Waals surface area contributed by atoms with Gasteiger partial charge in [0.1, 0.15) is 11.9 Å². The van der Waals surface area contributed by atoms with E-state index in [0.717, 1.165) is 33.9 Å². The van der Waals surface area contributed by atoms with E-state index in [1.807, 2.05) is 18.2 Å². The standard InChI is InChI=1S/C16H17BrClNOS/c1-2-7-19-12-9-14(15-5-6-16(17)21-15)20-13-4-3-10(18)8-11(12)13/h3-6,8,12,14,19H,2,7,9H2,1H3. The van der Waals surface area contributed by atoms with E-state index in [-0.39, 0.29) is 6.10 Å². The van der Waals surface area contributed by atoms with Gasteiger partial charge in [-0.15, -0.1) is 11.3 Å². The van der Waals surface area contributed by atoms with Gasteiger partial charge in [-0.3, -0.25) is 0 Å². The monoisotopic (exact) mass is 385 g/mol. The Balaban J connectivity index is 1.90. The quantitative estimate of drug-likeness (QED) is 0.724. The molecule has 1 aromatic carbocycles. The summed E-state index contributed by atoms with van der Waals surface area (Å²) in [5.41, 5.74) is 1.17. The number of nitrogens with one attached hydrogen (secondary N) is 1. The molecule has 0 fully saturated rings. The molecule has 0 radical (unpaired) electrons. The molecule has 21 heavy (non-hydrogen) atoms. The number of ether oxygens (including phenoxy) is 1. The highest BCUT2D eigenvalue weighted by molar-refractivity contribution is 9.11. The molecule has 2 atom stereocenters. The number of hydrogen-bond donors (Lipinski definition) is 1. The van der Waals surface area contributed by atoms with Crippen molar-refractivity contribution in [2.75, 3.05) is 6.54 Å². The van der Waals surface area contributed by atoms with Crippen LogP contribution in [0.1, 0.15) is 42.4 Å². The highest BCUT2D eigenvalue weighted by Gasteiger charge is 2.30. The second kappa shape index (κ2) is 6.69. The predicted molar refractivity (Wildman–Crippen MR) is 92.5 cm³/mol. The molecule has 1 aliphatic heterocycles. The van der Waals surface area contributed by atoms with Crippen molar-refractivity contribution >= 4 is 38.9 Å². The number of hydrogen-bond acceptors (Lipinski definition) is 3. The fourth-order valence-electron chi connectivity index (χ4n) is 2.63. The maximum atomic E-state index is 6.19. The maximum Gasteiger partial charge on any atom is 0.135 e. The highest BCUT2D eigenvalue weighted by atomic mass is 79.9. The van der Waals surface area contributed by atoms with E-state index < -0.39 is 0 Å². The molecule has 5 heteroatoms. The molecule has 0 bridgehead atoms. The van der Waals surface area contributed by atoms with Crippen LogP contribution >= 0.6 is 38.9 Å². The zero-order valence-corrected chi connectivity index (χ0v) is 14.9.